The number of nitrogens with zero attached hydrogens (tertiary/aromatic N) is 3. The molecule has 6 nitrogen and oxygen atoms in total. The molecule has 114 valence electrons. The third kappa shape index (κ3) is 5.35. The Morgan fingerprint density at radius 2 is 1.68 bits per heavy atom. The van der Waals surface area contributed by atoms with Crippen LogP contribution in [0.15, 0.2) is 0 Å². The highest BCUT2D eigenvalue weighted by atomic mass is 32.2. The van der Waals surface area contributed by atoms with Crippen LogP contribution in [0.1, 0.15) is 19.8 Å². The van der Waals surface area contributed by atoms with E-state index in [-0.39, 0.29) is 0 Å². The zero-order valence-corrected chi connectivity index (χ0v) is 13.2. The molecular formula is C12H28N4O2S. The molecule has 1 rings (SSSR count). The van der Waals surface area contributed by atoms with E-state index in [1.54, 1.807) is 14.1 Å². The molecule has 0 unspecified atom stereocenters. The monoisotopic (exact) mass is 292 g/mol. The summed E-state index contributed by atoms with van der Waals surface area (Å²) in [6.07, 6.45) is 1.91. The summed E-state index contributed by atoms with van der Waals surface area (Å²) in [6.45, 7) is 8.00. The Bertz CT molecular complexity index is 342. The molecule has 0 bridgehead atoms. The third-order valence-electron chi connectivity index (χ3n) is 3.56. The lowest BCUT2D eigenvalue weighted by Gasteiger charge is -2.30. The van der Waals surface area contributed by atoms with Crippen LogP contribution in [0, 0.1) is 0 Å². The standard InChI is InChI=1S/C12H28N4O2S/c1-4-5-8-14(2)19(17,18)15(3)11-12-16-9-6-13-7-10-16/h13H,4-12H2,1-3H3. The summed E-state index contributed by atoms with van der Waals surface area (Å²) >= 11 is 0. The van der Waals surface area contributed by atoms with E-state index < -0.39 is 10.2 Å². The summed E-state index contributed by atoms with van der Waals surface area (Å²) in [5.41, 5.74) is 0. The molecule has 0 amide bonds. The molecular weight excluding hydrogens is 264 g/mol. The lowest BCUT2D eigenvalue weighted by Crippen LogP contribution is -2.48. The molecule has 0 radical (unpaired) electrons. The number of unbranched alkanes of at least 4 members (excludes halogenated alkanes) is 1. The first-order chi connectivity index (χ1) is 8.98. The smallest absolute Gasteiger partial charge is 0.281 e. The van der Waals surface area contributed by atoms with Gasteiger partial charge in [-0.1, -0.05) is 13.3 Å². The Morgan fingerprint density at radius 3 is 2.26 bits per heavy atom. The molecule has 0 spiro atoms. The van der Waals surface area contributed by atoms with Crippen molar-refractivity contribution in [3.05, 3.63) is 0 Å². The lowest BCUT2D eigenvalue weighted by molar-refractivity contribution is 0.227. The van der Waals surface area contributed by atoms with E-state index in [9.17, 15) is 8.42 Å². The van der Waals surface area contributed by atoms with Gasteiger partial charge in [0.1, 0.15) is 0 Å². The summed E-state index contributed by atoms with van der Waals surface area (Å²) in [6, 6.07) is 0. The molecule has 0 saturated carbocycles. The van der Waals surface area contributed by atoms with Crippen molar-refractivity contribution in [3.8, 4) is 0 Å². The first-order valence-corrected chi connectivity index (χ1v) is 8.49. The number of likely N-dealkylation sites (N-methyl/N-ethyl adjacent to an activating group) is 1. The van der Waals surface area contributed by atoms with Crippen LogP contribution in [0.4, 0.5) is 0 Å². The predicted octanol–water partition coefficient (Wildman–Crippen LogP) is -0.200. The van der Waals surface area contributed by atoms with Crippen LogP contribution >= 0.6 is 0 Å². The zero-order valence-electron chi connectivity index (χ0n) is 12.4. The van der Waals surface area contributed by atoms with E-state index >= 15 is 0 Å². The molecule has 1 aliphatic heterocycles. The van der Waals surface area contributed by atoms with Gasteiger partial charge >= 0.3 is 0 Å². The molecule has 1 saturated heterocycles. The third-order valence-corrected chi connectivity index (χ3v) is 5.50. The van der Waals surface area contributed by atoms with Crippen molar-refractivity contribution in [2.75, 3.05) is 59.9 Å². The number of nitrogens with one attached hydrogen (secondary N) is 1. The first kappa shape index (κ1) is 16.8. The highest BCUT2D eigenvalue weighted by molar-refractivity contribution is 7.86. The van der Waals surface area contributed by atoms with Crippen LogP contribution in [-0.2, 0) is 10.2 Å². The van der Waals surface area contributed by atoms with Gasteiger partial charge in [-0.15, -0.1) is 0 Å². The van der Waals surface area contributed by atoms with Gasteiger partial charge in [0, 0.05) is 59.9 Å². The van der Waals surface area contributed by atoms with Gasteiger partial charge in [0.25, 0.3) is 10.2 Å². The molecule has 0 aliphatic carbocycles. The second-order valence-electron chi connectivity index (χ2n) is 5.10. The number of hydrogen-bond acceptors (Lipinski definition) is 4. The van der Waals surface area contributed by atoms with Crippen LogP contribution in [0.5, 0.6) is 0 Å². The molecule has 1 heterocycles. The van der Waals surface area contributed by atoms with Crippen molar-refractivity contribution in [1.29, 1.82) is 0 Å². The van der Waals surface area contributed by atoms with Gasteiger partial charge < -0.3 is 5.32 Å². The molecule has 1 aliphatic rings. The van der Waals surface area contributed by atoms with E-state index in [0.717, 1.165) is 45.6 Å². The first-order valence-electron chi connectivity index (χ1n) is 7.09. The fraction of sp³-hybridized carbons (Fsp3) is 1.00. The van der Waals surface area contributed by atoms with Crippen molar-refractivity contribution < 1.29 is 8.42 Å². The number of piperazine rings is 1. The van der Waals surface area contributed by atoms with Crippen LogP contribution in [-0.4, -0.2) is 81.8 Å². The highest BCUT2D eigenvalue weighted by Gasteiger charge is 2.23. The van der Waals surface area contributed by atoms with E-state index in [1.165, 1.54) is 8.61 Å². The Labute approximate surface area is 117 Å². The molecule has 0 aromatic carbocycles. The maximum absolute atomic E-state index is 12.2. The lowest BCUT2D eigenvalue weighted by atomic mass is 10.3. The second kappa shape index (κ2) is 8.16. The maximum atomic E-state index is 12.2. The molecule has 0 aromatic heterocycles. The van der Waals surface area contributed by atoms with Gasteiger partial charge in [0.05, 0.1) is 0 Å². The van der Waals surface area contributed by atoms with Gasteiger partial charge in [0.2, 0.25) is 0 Å². The highest BCUT2D eigenvalue weighted by Crippen LogP contribution is 2.06. The molecule has 1 fully saturated rings. The van der Waals surface area contributed by atoms with Crippen molar-refractivity contribution in [2.45, 2.75) is 19.8 Å². The van der Waals surface area contributed by atoms with Gasteiger partial charge in [0.15, 0.2) is 0 Å². The molecule has 7 heteroatoms. The van der Waals surface area contributed by atoms with Gasteiger partial charge in [-0.05, 0) is 6.42 Å². The minimum Gasteiger partial charge on any atom is -0.314 e. The second-order valence-corrected chi connectivity index (χ2v) is 7.24. The average molecular weight is 292 g/mol. The van der Waals surface area contributed by atoms with E-state index in [2.05, 4.69) is 17.1 Å². The number of rotatable bonds is 8. The summed E-state index contributed by atoms with van der Waals surface area (Å²) in [5.74, 6) is 0. The van der Waals surface area contributed by atoms with Crippen molar-refractivity contribution in [2.24, 2.45) is 0 Å². The predicted molar refractivity (Wildman–Crippen MR) is 78.4 cm³/mol. The van der Waals surface area contributed by atoms with Crippen LogP contribution in [0.25, 0.3) is 0 Å². The Kier molecular flexibility index (Phi) is 7.23. The number of hydrogen-bond donors (Lipinski definition) is 1. The largest absolute Gasteiger partial charge is 0.314 e. The van der Waals surface area contributed by atoms with Gasteiger partial charge in [-0.3, -0.25) is 4.90 Å². The van der Waals surface area contributed by atoms with Crippen LogP contribution in [0.3, 0.4) is 0 Å². The minimum absolute atomic E-state index is 0.554. The van der Waals surface area contributed by atoms with E-state index in [0.29, 0.717) is 13.1 Å². The quantitative estimate of drug-likeness (QED) is 0.673. The zero-order chi connectivity index (χ0) is 14.3. The summed E-state index contributed by atoms with van der Waals surface area (Å²) in [4.78, 5) is 2.30. The fourth-order valence-corrected chi connectivity index (χ4v) is 3.21. The van der Waals surface area contributed by atoms with Crippen molar-refractivity contribution in [1.82, 2.24) is 18.8 Å². The van der Waals surface area contributed by atoms with E-state index in [4.69, 9.17) is 0 Å². The van der Waals surface area contributed by atoms with Crippen LogP contribution in [0.2, 0.25) is 0 Å². The SMILES string of the molecule is CCCCN(C)S(=O)(=O)N(C)CCN1CCNCC1. The summed E-state index contributed by atoms with van der Waals surface area (Å²) in [7, 11) is 0.0380. The molecule has 0 atom stereocenters. The van der Waals surface area contributed by atoms with Crippen molar-refractivity contribution >= 4 is 10.2 Å². The maximum Gasteiger partial charge on any atom is 0.281 e. The fourth-order valence-electron chi connectivity index (χ4n) is 2.07. The minimum atomic E-state index is -3.29. The molecule has 19 heavy (non-hydrogen) atoms. The Morgan fingerprint density at radius 1 is 1.11 bits per heavy atom. The van der Waals surface area contributed by atoms with Crippen molar-refractivity contribution in [3.63, 3.8) is 0 Å². The summed E-state index contributed by atoms with van der Waals surface area (Å²) < 4.78 is 27.4. The van der Waals surface area contributed by atoms with Gasteiger partial charge in [-0.25, -0.2) is 0 Å². The van der Waals surface area contributed by atoms with E-state index in [1.807, 2.05) is 0 Å². The topological polar surface area (TPSA) is 55.9 Å². The van der Waals surface area contributed by atoms with Crippen LogP contribution < -0.4 is 5.32 Å². The van der Waals surface area contributed by atoms with Gasteiger partial charge in [-0.2, -0.15) is 17.0 Å². The molecule has 1 N–H and O–H groups in total. The average Bonchev–Trinajstić information content (AvgIpc) is 2.42. The summed E-state index contributed by atoms with van der Waals surface area (Å²) in [5, 5.41) is 3.29. The molecule has 0 aromatic rings. The normalized spacial score (nSPS) is 18.4. The Balaban J connectivity index is 2.39. The Hall–Kier alpha value is -0.210.